The molecule has 0 aliphatic heterocycles. The number of hydrogen-bond acceptors (Lipinski definition) is 3. The van der Waals surface area contributed by atoms with Gasteiger partial charge < -0.3 is 14.6 Å². The largest absolute Gasteiger partial charge is 0.493 e. The molecule has 0 aliphatic rings. The number of para-hydroxylation sites is 2. The lowest BCUT2D eigenvalue weighted by Crippen LogP contribution is -1.94. The van der Waals surface area contributed by atoms with Crippen molar-refractivity contribution in [1.82, 2.24) is 0 Å². The van der Waals surface area contributed by atoms with Gasteiger partial charge in [0.25, 0.3) is 0 Å². The van der Waals surface area contributed by atoms with Crippen LogP contribution >= 0.6 is 15.9 Å². The van der Waals surface area contributed by atoms with E-state index in [1.54, 1.807) is 14.0 Å². The third-order valence-corrected chi connectivity index (χ3v) is 3.41. The van der Waals surface area contributed by atoms with Crippen molar-refractivity contribution < 1.29 is 14.6 Å². The van der Waals surface area contributed by atoms with E-state index in [1.807, 2.05) is 42.5 Å². The first-order valence-corrected chi connectivity index (χ1v) is 6.69. The van der Waals surface area contributed by atoms with Gasteiger partial charge in [-0.15, -0.1) is 0 Å². The van der Waals surface area contributed by atoms with Crippen LogP contribution in [0.15, 0.2) is 46.9 Å². The zero-order valence-corrected chi connectivity index (χ0v) is 12.3. The molecule has 0 fully saturated rings. The summed E-state index contributed by atoms with van der Waals surface area (Å²) >= 11 is 3.43. The molecule has 100 valence electrons. The molecule has 2 aromatic carbocycles. The van der Waals surface area contributed by atoms with E-state index in [0.717, 1.165) is 10.0 Å². The molecule has 0 aromatic heterocycles. The van der Waals surface area contributed by atoms with Crippen molar-refractivity contribution in [3.05, 3.63) is 52.5 Å². The van der Waals surface area contributed by atoms with E-state index in [1.165, 1.54) is 0 Å². The van der Waals surface area contributed by atoms with Crippen LogP contribution in [0.25, 0.3) is 0 Å². The lowest BCUT2D eigenvalue weighted by Gasteiger charge is -2.12. The molecular formula is C15H15BrO3. The zero-order valence-electron chi connectivity index (χ0n) is 10.8. The van der Waals surface area contributed by atoms with Crippen molar-refractivity contribution in [2.75, 3.05) is 7.11 Å². The second kappa shape index (κ2) is 6.08. The van der Waals surface area contributed by atoms with Crippen LogP contribution in [0.5, 0.6) is 17.2 Å². The molecule has 2 rings (SSSR count). The van der Waals surface area contributed by atoms with Crippen LogP contribution in [-0.2, 0) is 0 Å². The van der Waals surface area contributed by atoms with Gasteiger partial charge in [-0.2, -0.15) is 0 Å². The predicted molar refractivity (Wildman–Crippen MR) is 77.8 cm³/mol. The van der Waals surface area contributed by atoms with Crippen LogP contribution in [0.2, 0.25) is 0 Å². The summed E-state index contributed by atoms with van der Waals surface area (Å²) in [5.41, 5.74) is 0.826. The Balaban J connectivity index is 2.26. The van der Waals surface area contributed by atoms with Gasteiger partial charge in [0.15, 0.2) is 11.5 Å². The highest BCUT2D eigenvalue weighted by molar-refractivity contribution is 9.10. The third kappa shape index (κ3) is 3.28. The topological polar surface area (TPSA) is 38.7 Å². The average molecular weight is 323 g/mol. The summed E-state index contributed by atoms with van der Waals surface area (Å²) in [5.74, 6) is 2.01. The van der Waals surface area contributed by atoms with Gasteiger partial charge in [-0.1, -0.05) is 34.1 Å². The van der Waals surface area contributed by atoms with Gasteiger partial charge in [-0.25, -0.2) is 0 Å². The fourth-order valence-electron chi connectivity index (χ4n) is 1.74. The maximum atomic E-state index is 9.58. The SMILES string of the molecule is COc1ccccc1Oc1ccc(C(C)O)c(Br)c1. The first-order valence-electron chi connectivity index (χ1n) is 5.90. The van der Waals surface area contributed by atoms with Crippen LogP contribution in [-0.4, -0.2) is 12.2 Å². The highest BCUT2D eigenvalue weighted by Gasteiger charge is 2.09. The molecule has 19 heavy (non-hydrogen) atoms. The van der Waals surface area contributed by atoms with Crippen LogP contribution in [0, 0.1) is 0 Å². The lowest BCUT2D eigenvalue weighted by molar-refractivity contribution is 0.198. The van der Waals surface area contributed by atoms with Gasteiger partial charge in [0, 0.05) is 4.47 Å². The minimum absolute atomic E-state index is 0.519. The number of hydrogen-bond donors (Lipinski definition) is 1. The van der Waals surface area contributed by atoms with Crippen molar-refractivity contribution >= 4 is 15.9 Å². The minimum atomic E-state index is -0.519. The Morgan fingerprint density at radius 2 is 1.79 bits per heavy atom. The Kier molecular flexibility index (Phi) is 4.45. The molecule has 1 atom stereocenters. The maximum Gasteiger partial charge on any atom is 0.169 e. The molecule has 4 heteroatoms. The number of ether oxygens (including phenoxy) is 2. The first kappa shape index (κ1) is 13.9. The van der Waals surface area contributed by atoms with E-state index in [-0.39, 0.29) is 0 Å². The Morgan fingerprint density at radius 1 is 1.11 bits per heavy atom. The van der Waals surface area contributed by atoms with Crippen molar-refractivity contribution in [2.24, 2.45) is 0 Å². The van der Waals surface area contributed by atoms with Gasteiger partial charge in [0.05, 0.1) is 13.2 Å². The van der Waals surface area contributed by atoms with E-state index in [0.29, 0.717) is 17.2 Å². The fourth-order valence-corrected chi connectivity index (χ4v) is 2.43. The average Bonchev–Trinajstić information content (AvgIpc) is 2.39. The number of benzene rings is 2. The molecular weight excluding hydrogens is 308 g/mol. The van der Waals surface area contributed by atoms with Gasteiger partial charge >= 0.3 is 0 Å². The van der Waals surface area contributed by atoms with Crippen LogP contribution < -0.4 is 9.47 Å². The standard InChI is InChI=1S/C15H15BrO3/c1-10(17)12-8-7-11(9-13(12)16)19-15-6-4-3-5-14(15)18-2/h3-10,17H,1-2H3. The van der Waals surface area contributed by atoms with Crippen LogP contribution in [0.4, 0.5) is 0 Å². The molecule has 0 radical (unpaired) electrons. The number of halogens is 1. The molecule has 0 aliphatic carbocycles. The van der Waals surface area contributed by atoms with Gasteiger partial charge in [0.2, 0.25) is 0 Å². The monoisotopic (exact) mass is 322 g/mol. The summed E-state index contributed by atoms with van der Waals surface area (Å²) in [6, 6.07) is 12.9. The maximum absolute atomic E-state index is 9.58. The Hall–Kier alpha value is -1.52. The number of rotatable bonds is 4. The van der Waals surface area contributed by atoms with Crippen molar-refractivity contribution in [3.8, 4) is 17.2 Å². The van der Waals surface area contributed by atoms with E-state index < -0.39 is 6.10 Å². The predicted octanol–water partition coefficient (Wildman–Crippen LogP) is 4.30. The normalized spacial score (nSPS) is 12.0. The van der Waals surface area contributed by atoms with E-state index in [2.05, 4.69) is 15.9 Å². The van der Waals surface area contributed by atoms with Gasteiger partial charge in [-0.3, -0.25) is 0 Å². The van der Waals surface area contributed by atoms with Gasteiger partial charge in [0.1, 0.15) is 5.75 Å². The van der Waals surface area contributed by atoms with Crippen molar-refractivity contribution in [1.29, 1.82) is 0 Å². The van der Waals surface area contributed by atoms with Crippen molar-refractivity contribution in [2.45, 2.75) is 13.0 Å². The molecule has 1 unspecified atom stereocenters. The summed E-state index contributed by atoms with van der Waals surface area (Å²) in [5, 5.41) is 9.58. The zero-order chi connectivity index (χ0) is 13.8. The highest BCUT2D eigenvalue weighted by Crippen LogP contribution is 2.34. The number of aliphatic hydroxyl groups is 1. The molecule has 0 saturated carbocycles. The molecule has 0 spiro atoms. The number of methoxy groups -OCH3 is 1. The summed E-state index contributed by atoms with van der Waals surface area (Å²) < 4.78 is 11.8. The molecule has 0 bridgehead atoms. The second-order valence-electron chi connectivity index (χ2n) is 4.11. The highest BCUT2D eigenvalue weighted by atomic mass is 79.9. The lowest BCUT2D eigenvalue weighted by atomic mass is 10.1. The molecule has 0 amide bonds. The van der Waals surface area contributed by atoms with Crippen LogP contribution in [0.1, 0.15) is 18.6 Å². The molecule has 0 heterocycles. The second-order valence-corrected chi connectivity index (χ2v) is 4.97. The molecule has 0 saturated heterocycles. The quantitative estimate of drug-likeness (QED) is 0.911. The minimum Gasteiger partial charge on any atom is -0.493 e. The number of aliphatic hydroxyl groups excluding tert-OH is 1. The molecule has 2 aromatic rings. The Morgan fingerprint density at radius 3 is 2.37 bits per heavy atom. The summed E-state index contributed by atoms with van der Waals surface area (Å²) in [7, 11) is 1.61. The van der Waals surface area contributed by atoms with E-state index in [4.69, 9.17) is 9.47 Å². The van der Waals surface area contributed by atoms with Crippen molar-refractivity contribution in [3.63, 3.8) is 0 Å². The van der Waals surface area contributed by atoms with E-state index in [9.17, 15) is 5.11 Å². The van der Waals surface area contributed by atoms with Gasteiger partial charge in [-0.05, 0) is 36.8 Å². The smallest absolute Gasteiger partial charge is 0.169 e. The summed E-state index contributed by atoms with van der Waals surface area (Å²) in [6.45, 7) is 1.72. The van der Waals surface area contributed by atoms with Crippen LogP contribution in [0.3, 0.4) is 0 Å². The fraction of sp³-hybridized carbons (Fsp3) is 0.200. The van der Waals surface area contributed by atoms with E-state index >= 15 is 0 Å². The first-order chi connectivity index (χ1) is 9.11. The molecule has 1 N–H and O–H groups in total. The third-order valence-electron chi connectivity index (χ3n) is 2.72. The Labute approximate surface area is 120 Å². The Bertz CT molecular complexity index is 567. The summed E-state index contributed by atoms with van der Waals surface area (Å²) in [6.07, 6.45) is -0.519. The summed E-state index contributed by atoms with van der Waals surface area (Å²) in [4.78, 5) is 0. The molecule has 3 nitrogen and oxygen atoms in total.